The summed E-state index contributed by atoms with van der Waals surface area (Å²) < 4.78 is 19.5. The van der Waals surface area contributed by atoms with Gasteiger partial charge in [0.1, 0.15) is 33.4 Å². The second-order valence-electron chi connectivity index (χ2n) is 11.1. The standard InChI is InChI=1S/C39H21NO3/c1-5-13-30-26(11-1)34(39-36(40-30)27-12-4-8-16-33(27)43-39)22-17-19-23(20-18-22)35-37-28(24-9-2-6-14-31(24)41-37)21-29-25-10-3-7-15-32(25)42-38(29)35/h1-21H. The molecule has 6 aromatic carbocycles. The van der Waals surface area contributed by atoms with Crippen LogP contribution < -0.4 is 0 Å². The molecule has 0 amide bonds. The third kappa shape index (κ3) is 3.12. The maximum Gasteiger partial charge on any atom is 0.162 e. The van der Waals surface area contributed by atoms with Crippen LogP contribution >= 0.6 is 0 Å². The van der Waals surface area contributed by atoms with E-state index in [1.165, 1.54) is 0 Å². The molecule has 0 aliphatic rings. The lowest BCUT2D eigenvalue weighted by Gasteiger charge is -2.10. The Labute approximate surface area is 244 Å². The molecule has 0 aliphatic carbocycles. The van der Waals surface area contributed by atoms with Crippen LogP contribution in [0.5, 0.6) is 0 Å². The third-order valence-corrected chi connectivity index (χ3v) is 8.67. The van der Waals surface area contributed by atoms with E-state index in [0.29, 0.717) is 0 Å². The van der Waals surface area contributed by atoms with Crippen LogP contribution in [0.15, 0.2) is 141 Å². The molecule has 0 saturated heterocycles. The number of pyridine rings is 1. The fourth-order valence-corrected chi connectivity index (χ4v) is 6.73. The Hall–Kier alpha value is -5.87. The first-order valence-electron chi connectivity index (χ1n) is 14.4. The van der Waals surface area contributed by atoms with Gasteiger partial charge in [-0.25, -0.2) is 4.98 Å². The number of aromatic nitrogens is 1. The maximum atomic E-state index is 6.52. The highest BCUT2D eigenvalue weighted by atomic mass is 16.3. The third-order valence-electron chi connectivity index (χ3n) is 8.67. The summed E-state index contributed by atoms with van der Waals surface area (Å²) in [6.45, 7) is 0. The van der Waals surface area contributed by atoms with E-state index in [1.807, 2.05) is 48.5 Å². The highest BCUT2D eigenvalue weighted by Gasteiger charge is 2.22. The largest absolute Gasteiger partial charge is 0.455 e. The molecule has 4 nitrogen and oxygen atoms in total. The van der Waals surface area contributed by atoms with Crippen molar-refractivity contribution in [3.8, 4) is 22.3 Å². The number of hydrogen-bond acceptors (Lipinski definition) is 4. The van der Waals surface area contributed by atoms with Gasteiger partial charge in [-0.3, -0.25) is 0 Å². The summed E-state index contributed by atoms with van der Waals surface area (Å²) in [5, 5.41) is 6.43. The van der Waals surface area contributed by atoms with E-state index in [1.54, 1.807) is 0 Å². The van der Waals surface area contributed by atoms with Gasteiger partial charge in [-0.15, -0.1) is 0 Å². The molecule has 4 heterocycles. The van der Waals surface area contributed by atoms with Gasteiger partial charge in [-0.1, -0.05) is 91.0 Å². The first kappa shape index (κ1) is 22.8. The van der Waals surface area contributed by atoms with Gasteiger partial charge in [0.05, 0.1) is 11.1 Å². The minimum Gasteiger partial charge on any atom is -0.455 e. The molecular weight excluding hydrogens is 530 g/mol. The molecule has 0 unspecified atom stereocenters. The fraction of sp³-hybridized carbons (Fsp3) is 0. The van der Waals surface area contributed by atoms with Crippen molar-refractivity contribution in [1.29, 1.82) is 0 Å². The van der Waals surface area contributed by atoms with Crippen molar-refractivity contribution in [2.45, 2.75) is 0 Å². The molecule has 0 saturated carbocycles. The second kappa shape index (κ2) is 8.34. The summed E-state index contributed by atoms with van der Waals surface area (Å²) in [7, 11) is 0. The molecule has 4 heteroatoms. The lowest BCUT2D eigenvalue weighted by Crippen LogP contribution is -1.88. The molecule has 0 N–H and O–H groups in total. The minimum atomic E-state index is 0.798. The normalized spacial score (nSPS) is 12.2. The van der Waals surface area contributed by atoms with Crippen LogP contribution in [0, 0.1) is 0 Å². The Balaban J connectivity index is 1.26. The van der Waals surface area contributed by atoms with Crippen molar-refractivity contribution in [1.82, 2.24) is 4.98 Å². The highest BCUT2D eigenvalue weighted by Crippen LogP contribution is 2.45. The van der Waals surface area contributed by atoms with Gasteiger partial charge in [0.2, 0.25) is 0 Å². The molecular formula is C39H21NO3. The van der Waals surface area contributed by atoms with Gasteiger partial charge in [0, 0.05) is 37.9 Å². The van der Waals surface area contributed by atoms with Gasteiger partial charge in [0.15, 0.2) is 5.58 Å². The number of para-hydroxylation sites is 4. The first-order chi connectivity index (χ1) is 21.3. The Bertz CT molecular complexity index is 2630. The van der Waals surface area contributed by atoms with E-state index in [9.17, 15) is 0 Å². The molecule has 0 aliphatic heterocycles. The van der Waals surface area contributed by atoms with Crippen LogP contribution in [0.25, 0.3) is 99.1 Å². The van der Waals surface area contributed by atoms with Gasteiger partial charge in [-0.05, 0) is 47.5 Å². The summed E-state index contributed by atoms with van der Waals surface area (Å²) in [4.78, 5) is 5.01. The van der Waals surface area contributed by atoms with Crippen LogP contribution in [-0.4, -0.2) is 4.98 Å². The van der Waals surface area contributed by atoms with E-state index in [4.69, 9.17) is 18.2 Å². The average molecular weight is 552 g/mol. The van der Waals surface area contributed by atoms with Crippen molar-refractivity contribution < 1.29 is 13.3 Å². The number of nitrogens with zero attached hydrogens (tertiary/aromatic N) is 1. The molecule has 10 rings (SSSR count). The molecule has 4 aromatic heterocycles. The maximum absolute atomic E-state index is 6.52. The number of fused-ring (bicyclic) bond motifs is 10. The minimum absolute atomic E-state index is 0.798. The van der Waals surface area contributed by atoms with E-state index in [-0.39, 0.29) is 0 Å². The van der Waals surface area contributed by atoms with Gasteiger partial charge in [-0.2, -0.15) is 0 Å². The monoisotopic (exact) mass is 551 g/mol. The van der Waals surface area contributed by atoms with Gasteiger partial charge < -0.3 is 13.3 Å². The van der Waals surface area contributed by atoms with Crippen LogP contribution in [-0.2, 0) is 0 Å². The zero-order valence-corrected chi connectivity index (χ0v) is 22.8. The average Bonchev–Trinajstić information content (AvgIpc) is 3.74. The fourth-order valence-electron chi connectivity index (χ4n) is 6.73. The van der Waals surface area contributed by atoms with Crippen molar-refractivity contribution in [3.63, 3.8) is 0 Å². The van der Waals surface area contributed by atoms with E-state index in [0.717, 1.165) is 99.1 Å². The van der Waals surface area contributed by atoms with Gasteiger partial charge >= 0.3 is 0 Å². The van der Waals surface area contributed by atoms with Crippen LogP contribution in [0.2, 0.25) is 0 Å². The molecule has 0 radical (unpaired) electrons. The Morgan fingerprint density at radius 3 is 1.47 bits per heavy atom. The Kier molecular flexibility index (Phi) is 4.42. The number of hydrogen-bond donors (Lipinski definition) is 0. The van der Waals surface area contributed by atoms with E-state index < -0.39 is 0 Å². The van der Waals surface area contributed by atoms with E-state index >= 15 is 0 Å². The smallest absolute Gasteiger partial charge is 0.162 e. The molecule has 0 fully saturated rings. The quantitative estimate of drug-likeness (QED) is 0.214. The summed E-state index contributed by atoms with van der Waals surface area (Å²) in [6.07, 6.45) is 0. The first-order valence-corrected chi connectivity index (χ1v) is 14.4. The number of rotatable bonds is 2. The SMILES string of the molecule is c1ccc2c(-c3ccc(-c4c5oc6ccccc6c5cc5c4oc4ccccc45)cc3)c3oc4ccccc4c3nc2c1. The summed E-state index contributed by atoms with van der Waals surface area (Å²) in [5.41, 5.74) is 10.9. The molecule has 0 spiro atoms. The highest BCUT2D eigenvalue weighted by molar-refractivity contribution is 6.22. The summed E-state index contributed by atoms with van der Waals surface area (Å²) >= 11 is 0. The number of benzene rings is 6. The zero-order chi connectivity index (χ0) is 28.1. The summed E-state index contributed by atoms with van der Waals surface area (Å²) in [5.74, 6) is 0. The Morgan fingerprint density at radius 1 is 0.372 bits per heavy atom. The van der Waals surface area contributed by atoms with Crippen molar-refractivity contribution >= 4 is 76.8 Å². The van der Waals surface area contributed by atoms with Crippen LogP contribution in [0.1, 0.15) is 0 Å². The second-order valence-corrected chi connectivity index (χ2v) is 11.1. The van der Waals surface area contributed by atoms with Crippen LogP contribution in [0.3, 0.4) is 0 Å². The predicted octanol–water partition coefficient (Wildman–Crippen LogP) is 11.3. The van der Waals surface area contributed by atoms with Crippen molar-refractivity contribution in [3.05, 3.63) is 127 Å². The van der Waals surface area contributed by atoms with E-state index in [2.05, 4.69) is 78.9 Å². The van der Waals surface area contributed by atoms with Crippen molar-refractivity contribution in [2.75, 3.05) is 0 Å². The summed E-state index contributed by atoms with van der Waals surface area (Å²) in [6, 6.07) is 43.6. The molecule has 43 heavy (non-hydrogen) atoms. The topological polar surface area (TPSA) is 52.3 Å². The molecule has 200 valence electrons. The Morgan fingerprint density at radius 2 is 0.837 bits per heavy atom. The molecule has 10 aromatic rings. The lowest BCUT2D eigenvalue weighted by atomic mass is 9.95. The zero-order valence-electron chi connectivity index (χ0n) is 22.8. The van der Waals surface area contributed by atoms with Crippen LogP contribution in [0.4, 0.5) is 0 Å². The predicted molar refractivity (Wildman–Crippen MR) is 174 cm³/mol. The van der Waals surface area contributed by atoms with Crippen molar-refractivity contribution in [2.24, 2.45) is 0 Å². The molecule has 0 atom stereocenters. The van der Waals surface area contributed by atoms with Gasteiger partial charge in [0.25, 0.3) is 0 Å². The number of furan rings is 3. The molecule has 0 bridgehead atoms. The lowest BCUT2D eigenvalue weighted by molar-refractivity contribution is 0.658.